The Kier molecular flexibility index (Phi) is 5.29. The smallest absolute Gasteiger partial charge is 0.239 e. The van der Waals surface area contributed by atoms with Gasteiger partial charge >= 0.3 is 0 Å². The van der Waals surface area contributed by atoms with Crippen molar-refractivity contribution >= 4 is 27.5 Å². The van der Waals surface area contributed by atoms with Gasteiger partial charge in [-0.2, -0.15) is 0 Å². The maximum absolute atomic E-state index is 13.4. The first-order chi connectivity index (χ1) is 8.75. The second kappa shape index (κ2) is 6.32. The van der Waals surface area contributed by atoms with Crippen LogP contribution in [0.15, 0.2) is 16.6 Å². The summed E-state index contributed by atoms with van der Waals surface area (Å²) < 4.78 is 26.6. The van der Waals surface area contributed by atoms with E-state index >= 15 is 0 Å². The van der Waals surface area contributed by atoms with Crippen LogP contribution in [0.4, 0.5) is 14.5 Å². The van der Waals surface area contributed by atoms with Gasteiger partial charge in [0, 0.05) is 11.6 Å². The number of carbonyl (C=O) groups is 1. The lowest BCUT2D eigenvalue weighted by Gasteiger charge is -2.24. The number of amides is 1. The molecule has 0 aromatic heterocycles. The van der Waals surface area contributed by atoms with Gasteiger partial charge in [-0.3, -0.25) is 4.79 Å². The van der Waals surface area contributed by atoms with Crippen LogP contribution in [0.3, 0.4) is 0 Å². The zero-order valence-corrected chi connectivity index (χ0v) is 12.7. The number of hydrogen-bond acceptors (Lipinski definition) is 2. The summed E-state index contributed by atoms with van der Waals surface area (Å²) in [6, 6.07) is 2.03. The molecule has 0 saturated heterocycles. The van der Waals surface area contributed by atoms with E-state index in [0.717, 1.165) is 12.5 Å². The van der Waals surface area contributed by atoms with Crippen LogP contribution in [0.5, 0.6) is 0 Å². The second-order valence-corrected chi connectivity index (χ2v) is 5.74. The molecule has 19 heavy (non-hydrogen) atoms. The molecular weight excluding hydrogens is 318 g/mol. The monoisotopic (exact) mass is 334 g/mol. The topological polar surface area (TPSA) is 41.1 Å². The van der Waals surface area contributed by atoms with E-state index in [2.05, 4.69) is 26.6 Å². The molecule has 3 nitrogen and oxygen atoms in total. The van der Waals surface area contributed by atoms with Crippen molar-refractivity contribution in [1.29, 1.82) is 0 Å². The highest BCUT2D eigenvalue weighted by atomic mass is 79.9. The Morgan fingerprint density at radius 3 is 2.53 bits per heavy atom. The van der Waals surface area contributed by atoms with Crippen molar-refractivity contribution < 1.29 is 13.6 Å². The number of hydrogen-bond donors (Lipinski definition) is 2. The van der Waals surface area contributed by atoms with Gasteiger partial charge in [0.2, 0.25) is 5.91 Å². The van der Waals surface area contributed by atoms with Crippen LogP contribution >= 0.6 is 15.9 Å². The van der Waals surface area contributed by atoms with Gasteiger partial charge in [0.05, 0.1) is 16.7 Å². The van der Waals surface area contributed by atoms with E-state index in [1.165, 1.54) is 6.07 Å². The quantitative estimate of drug-likeness (QED) is 0.810. The van der Waals surface area contributed by atoms with Crippen molar-refractivity contribution in [2.45, 2.75) is 32.7 Å². The zero-order chi connectivity index (χ0) is 14.6. The molecule has 106 valence electrons. The average molecular weight is 335 g/mol. The summed E-state index contributed by atoms with van der Waals surface area (Å²) in [6.07, 6.45) is 0.787. The van der Waals surface area contributed by atoms with Gasteiger partial charge in [-0.25, -0.2) is 8.78 Å². The average Bonchev–Trinajstić information content (AvgIpc) is 2.31. The molecular formula is C13H17BrF2N2O. The van der Waals surface area contributed by atoms with Gasteiger partial charge in [-0.1, -0.05) is 6.92 Å². The van der Waals surface area contributed by atoms with E-state index in [9.17, 15) is 13.6 Å². The Bertz CT molecular complexity index is 478. The van der Waals surface area contributed by atoms with Gasteiger partial charge in [0.15, 0.2) is 0 Å². The van der Waals surface area contributed by atoms with Crippen LogP contribution in [0.2, 0.25) is 0 Å². The maximum atomic E-state index is 13.4. The molecule has 0 aliphatic rings. The second-order valence-electron chi connectivity index (χ2n) is 4.89. The Hall–Kier alpha value is -1.17. The van der Waals surface area contributed by atoms with E-state index in [4.69, 9.17) is 0 Å². The Balaban J connectivity index is 2.63. The van der Waals surface area contributed by atoms with E-state index in [-0.39, 0.29) is 28.2 Å². The molecule has 0 heterocycles. The zero-order valence-electron chi connectivity index (χ0n) is 11.1. The van der Waals surface area contributed by atoms with Crippen molar-refractivity contribution in [3.05, 3.63) is 28.2 Å². The molecule has 0 aliphatic carbocycles. The summed E-state index contributed by atoms with van der Waals surface area (Å²) in [5.41, 5.74) is -0.224. The first kappa shape index (κ1) is 15.9. The molecule has 1 rings (SSSR count). The van der Waals surface area contributed by atoms with Gasteiger partial charge in [0.1, 0.15) is 11.6 Å². The van der Waals surface area contributed by atoms with Crippen molar-refractivity contribution in [2.24, 2.45) is 0 Å². The fourth-order valence-corrected chi connectivity index (χ4v) is 1.69. The normalized spacial score (nSPS) is 11.3. The number of carbonyl (C=O) groups excluding carboxylic acids is 1. The molecule has 2 N–H and O–H groups in total. The molecule has 0 fully saturated rings. The minimum atomic E-state index is -0.733. The van der Waals surface area contributed by atoms with Gasteiger partial charge < -0.3 is 10.6 Å². The van der Waals surface area contributed by atoms with Gasteiger partial charge in [0.25, 0.3) is 0 Å². The molecule has 6 heteroatoms. The van der Waals surface area contributed by atoms with Crippen LogP contribution < -0.4 is 10.6 Å². The van der Waals surface area contributed by atoms with E-state index in [1.54, 1.807) is 0 Å². The largest absolute Gasteiger partial charge is 0.374 e. The molecule has 1 aromatic carbocycles. The predicted octanol–water partition coefficient (Wildman–Crippen LogP) is 3.44. The lowest BCUT2D eigenvalue weighted by Crippen LogP contribution is -2.45. The summed E-state index contributed by atoms with van der Waals surface area (Å²) in [6.45, 7) is 5.70. The molecule has 0 saturated carbocycles. The van der Waals surface area contributed by atoms with Crippen molar-refractivity contribution in [2.75, 3.05) is 11.9 Å². The van der Waals surface area contributed by atoms with E-state index < -0.39 is 11.6 Å². The van der Waals surface area contributed by atoms with Crippen molar-refractivity contribution in [1.82, 2.24) is 5.32 Å². The highest BCUT2D eigenvalue weighted by Crippen LogP contribution is 2.23. The first-order valence-electron chi connectivity index (χ1n) is 5.94. The standard InChI is InChI=1S/C13H17BrF2N2O/c1-4-13(2,3)18-12(19)7-17-11-5-8(14)9(15)6-10(11)16/h5-6,17H,4,7H2,1-3H3,(H,18,19). The maximum Gasteiger partial charge on any atom is 0.239 e. The molecule has 1 amide bonds. The number of anilines is 1. The number of halogens is 3. The predicted molar refractivity (Wildman–Crippen MR) is 75.1 cm³/mol. The first-order valence-corrected chi connectivity index (χ1v) is 6.74. The van der Waals surface area contributed by atoms with Gasteiger partial charge in [-0.15, -0.1) is 0 Å². The third-order valence-electron chi connectivity index (χ3n) is 2.81. The molecule has 0 aliphatic heterocycles. The molecule has 0 spiro atoms. The summed E-state index contributed by atoms with van der Waals surface area (Å²) in [4.78, 5) is 11.7. The van der Waals surface area contributed by atoms with Crippen molar-refractivity contribution in [3.8, 4) is 0 Å². The van der Waals surface area contributed by atoms with Crippen LogP contribution in [0.1, 0.15) is 27.2 Å². The number of benzene rings is 1. The highest BCUT2D eigenvalue weighted by Gasteiger charge is 2.17. The highest BCUT2D eigenvalue weighted by molar-refractivity contribution is 9.10. The molecule has 0 unspecified atom stereocenters. The Morgan fingerprint density at radius 2 is 1.95 bits per heavy atom. The van der Waals surface area contributed by atoms with Crippen LogP contribution in [0.25, 0.3) is 0 Å². The number of nitrogens with one attached hydrogen (secondary N) is 2. The van der Waals surface area contributed by atoms with Crippen LogP contribution in [0, 0.1) is 11.6 Å². The Labute approximate surface area is 119 Å². The third-order valence-corrected chi connectivity index (χ3v) is 3.42. The van der Waals surface area contributed by atoms with Crippen molar-refractivity contribution in [3.63, 3.8) is 0 Å². The summed E-state index contributed by atoms with van der Waals surface area (Å²) in [5.74, 6) is -1.66. The fourth-order valence-electron chi connectivity index (χ4n) is 1.34. The van der Waals surface area contributed by atoms with E-state index in [0.29, 0.717) is 0 Å². The van der Waals surface area contributed by atoms with Crippen LogP contribution in [-0.2, 0) is 4.79 Å². The summed E-state index contributed by atoms with van der Waals surface area (Å²) in [5, 5.41) is 5.46. The fraction of sp³-hybridized carbons (Fsp3) is 0.462. The Morgan fingerprint density at radius 1 is 1.32 bits per heavy atom. The summed E-state index contributed by atoms with van der Waals surface area (Å²) in [7, 11) is 0. The lowest BCUT2D eigenvalue weighted by molar-refractivity contribution is -0.121. The lowest BCUT2D eigenvalue weighted by atomic mass is 10.0. The number of rotatable bonds is 5. The van der Waals surface area contributed by atoms with Crippen LogP contribution in [-0.4, -0.2) is 18.0 Å². The molecule has 0 bridgehead atoms. The minimum Gasteiger partial charge on any atom is -0.374 e. The third kappa shape index (κ3) is 4.78. The van der Waals surface area contributed by atoms with E-state index in [1.807, 2.05) is 20.8 Å². The molecule has 1 aromatic rings. The summed E-state index contributed by atoms with van der Waals surface area (Å²) >= 11 is 2.97. The molecule has 0 radical (unpaired) electrons. The molecule has 0 atom stereocenters. The minimum absolute atomic E-state index is 0.0710. The SMILES string of the molecule is CCC(C)(C)NC(=O)CNc1cc(Br)c(F)cc1F. The van der Waals surface area contributed by atoms with Gasteiger partial charge in [-0.05, 0) is 42.3 Å².